The molecule has 0 aliphatic carbocycles. The highest BCUT2D eigenvalue weighted by atomic mass is 16.2. The lowest BCUT2D eigenvalue weighted by atomic mass is 10.3. The molecule has 0 saturated heterocycles. The average molecular weight is 208 g/mol. The van der Waals surface area contributed by atoms with Gasteiger partial charge in [0.25, 0.3) is 0 Å². The summed E-state index contributed by atoms with van der Waals surface area (Å²) in [6.45, 7) is 3.62. The van der Waals surface area contributed by atoms with E-state index in [-0.39, 0.29) is 11.9 Å². The summed E-state index contributed by atoms with van der Waals surface area (Å²) in [4.78, 5) is 15.5. The van der Waals surface area contributed by atoms with Crippen molar-refractivity contribution in [3.63, 3.8) is 0 Å². The molecule has 15 heavy (non-hydrogen) atoms. The standard InChI is InChI=1S/C10H16N4O/c1-6-4-5-8(11)9(13-6)14-7(2)10(15)12-3/h4-5,7H,11H2,1-3H3,(H,12,15)(H,13,14). The molecule has 0 aromatic carbocycles. The molecule has 0 spiro atoms. The molecule has 1 amide bonds. The molecule has 0 bridgehead atoms. The summed E-state index contributed by atoms with van der Waals surface area (Å²) in [7, 11) is 1.59. The van der Waals surface area contributed by atoms with Crippen LogP contribution in [0.1, 0.15) is 12.6 Å². The molecule has 0 saturated carbocycles. The summed E-state index contributed by atoms with van der Waals surface area (Å²) < 4.78 is 0. The van der Waals surface area contributed by atoms with Crippen LogP contribution in [-0.4, -0.2) is 24.0 Å². The van der Waals surface area contributed by atoms with Crippen molar-refractivity contribution in [2.24, 2.45) is 0 Å². The van der Waals surface area contributed by atoms with Gasteiger partial charge in [-0.25, -0.2) is 4.98 Å². The maximum Gasteiger partial charge on any atom is 0.241 e. The summed E-state index contributed by atoms with van der Waals surface area (Å²) in [5, 5.41) is 5.50. The number of anilines is 2. The van der Waals surface area contributed by atoms with E-state index in [0.717, 1.165) is 5.69 Å². The third kappa shape index (κ3) is 2.83. The zero-order valence-corrected chi connectivity index (χ0v) is 9.16. The van der Waals surface area contributed by atoms with Gasteiger partial charge in [0.05, 0.1) is 5.69 Å². The minimum Gasteiger partial charge on any atom is -0.396 e. The first-order chi connectivity index (χ1) is 7.04. The number of nitrogen functional groups attached to an aromatic ring is 1. The van der Waals surface area contributed by atoms with E-state index in [4.69, 9.17) is 5.73 Å². The normalized spacial score (nSPS) is 11.9. The summed E-state index contributed by atoms with van der Waals surface area (Å²) in [5.74, 6) is 0.448. The molecule has 5 nitrogen and oxygen atoms in total. The van der Waals surface area contributed by atoms with E-state index in [1.807, 2.05) is 13.0 Å². The van der Waals surface area contributed by atoms with Crippen molar-refractivity contribution in [2.45, 2.75) is 19.9 Å². The van der Waals surface area contributed by atoms with E-state index in [2.05, 4.69) is 15.6 Å². The number of nitrogens with one attached hydrogen (secondary N) is 2. The lowest BCUT2D eigenvalue weighted by Crippen LogP contribution is -2.35. The van der Waals surface area contributed by atoms with Gasteiger partial charge in [-0.2, -0.15) is 0 Å². The fourth-order valence-electron chi connectivity index (χ4n) is 1.17. The summed E-state index contributed by atoms with van der Waals surface area (Å²) in [6, 6.07) is 3.23. The second kappa shape index (κ2) is 4.63. The molecule has 0 fully saturated rings. The Hall–Kier alpha value is -1.78. The quantitative estimate of drug-likeness (QED) is 0.676. The SMILES string of the molecule is CNC(=O)C(C)Nc1nc(C)ccc1N. The second-order valence-corrected chi connectivity index (χ2v) is 3.37. The number of likely N-dealkylation sites (N-methyl/N-ethyl adjacent to an activating group) is 1. The Labute approximate surface area is 89.1 Å². The monoisotopic (exact) mass is 208 g/mol. The van der Waals surface area contributed by atoms with Gasteiger partial charge in [0, 0.05) is 12.7 Å². The molecule has 1 unspecified atom stereocenters. The van der Waals surface area contributed by atoms with Gasteiger partial charge >= 0.3 is 0 Å². The number of aryl methyl sites for hydroxylation is 1. The van der Waals surface area contributed by atoms with Crippen LogP contribution in [0.15, 0.2) is 12.1 Å². The van der Waals surface area contributed by atoms with Crippen LogP contribution in [0.25, 0.3) is 0 Å². The number of nitrogens with two attached hydrogens (primary N) is 1. The zero-order chi connectivity index (χ0) is 11.4. The van der Waals surface area contributed by atoms with Crippen molar-refractivity contribution < 1.29 is 4.79 Å². The molecular weight excluding hydrogens is 192 g/mol. The molecule has 1 atom stereocenters. The first-order valence-corrected chi connectivity index (χ1v) is 4.76. The van der Waals surface area contributed by atoms with Crippen molar-refractivity contribution in [1.29, 1.82) is 0 Å². The molecule has 1 heterocycles. The summed E-state index contributed by atoms with van der Waals surface area (Å²) in [6.07, 6.45) is 0. The first kappa shape index (κ1) is 11.3. The molecule has 1 aromatic rings. The van der Waals surface area contributed by atoms with Gasteiger partial charge in [0.1, 0.15) is 11.9 Å². The maximum absolute atomic E-state index is 11.3. The van der Waals surface area contributed by atoms with Gasteiger partial charge in [-0.15, -0.1) is 0 Å². The molecule has 1 aromatic heterocycles. The van der Waals surface area contributed by atoms with Gasteiger partial charge in [-0.1, -0.05) is 0 Å². The van der Waals surface area contributed by atoms with E-state index in [1.54, 1.807) is 20.0 Å². The van der Waals surface area contributed by atoms with Crippen LogP contribution in [-0.2, 0) is 4.79 Å². The van der Waals surface area contributed by atoms with Crippen LogP contribution in [0.4, 0.5) is 11.5 Å². The molecule has 4 N–H and O–H groups in total. The molecular formula is C10H16N4O. The maximum atomic E-state index is 11.3. The van der Waals surface area contributed by atoms with E-state index in [1.165, 1.54) is 0 Å². The Kier molecular flexibility index (Phi) is 3.49. The Balaban J connectivity index is 2.80. The van der Waals surface area contributed by atoms with Crippen molar-refractivity contribution in [3.8, 4) is 0 Å². The fourth-order valence-corrected chi connectivity index (χ4v) is 1.17. The van der Waals surface area contributed by atoms with E-state index in [0.29, 0.717) is 11.5 Å². The number of rotatable bonds is 3. The van der Waals surface area contributed by atoms with E-state index in [9.17, 15) is 4.79 Å². The Morgan fingerprint density at radius 1 is 1.53 bits per heavy atom. The number of hydrogen-bond acceptors (Lipinski definition) is 4. The highest BCUT2D eigenvalue weighted by molar-refractivity contribution is 5.84. The van der Waals surface area contributed by atoms with Crippen LogP contribution >= 0.6 is 0 Å². The van der Waals surface area contributed by atoms with Crippen LogP contribution in [0.5, 0.6) is 0 Å². The van der Waals surface area contributed by atoms with Crippen molar-refractivity contribution in [3.05, 3.63) is 17.8 Å². The number of carbonyl (C=O) groups excluding carboxylic acids is 1. The third-order valence-corrected chi connectivity index (χ3v) is 2.06. The van der Waals surface area contributed by atoms with Gasteiger partial charge < -0.3 is 16.4 Å². The van der Waals surface area contributed by atoms with Gasteiger partial charge in [0.15, 0.2) is 0 Å². The van der Waals surface area contributed by atoms with Gasteiger partial charge in [-0.3, -0.25) is 4.79 Å². The van der Waals surface area contributed by atoms with Crippen LogP contribution in [0.3, 0.4) is 0 Å². The number of nitrogens with zero attached hydrogens (tertiary/aromatic N) is 1. The highest BCUT2D eigenvalue weighted by Crippen LogP contribution is 2.16. The summed E-state index contributed by atoms with van der Waals surface area (Å²) in [5.41, 5.74) is 7.12. The lowest BCUT2D eigenvalue weighted by Gasteiger charge is -2.14. The third-order valence-electron chi connectivity index (χ3n) is 2.06. The molecule has 0 aliphatic rings. The first-order valence-electron chi connectivity index (χ1n) is 4.76. The van der Waals surface area contributed by atoms with Crippen molar-refractivity contribution in [1.82, 2.24) is 10.3 Å². The lowest BCUT2D eigenvalue weighted by molar-refractivity contribution is -0.121. The number of pyridine rings is 1. The van der Waals surface area contributed by atoms with Gasteiger partial charge in [-0.05, 0) is 26.0 Å². The predicted octanol–water partition coefficient (Wildman–Crippen LogP) is 0.519. The number of amides is 1. The Morgan fingerprint density at radius 3 is 2.80 bits per heavy atom. The Bertz CT molecular complexity index is 364. The minimum absolute atomic E-state index is 0.0993. The molecule has 1 rings (SSSR count). The Morgan fingerprint density at radius 2 is 2.20 bits per heavy atom. The highest BCUT2D eigenvalue weighted by Gasteiger charge is 2.12. The van der Waals surface area contributed by atoms with E-state index >= 15 is 0 Å². The fraction of sp³-hybridized carbons (Fsp3) is 0.400. The molecule has 5 heteroatoms. The number of carbonyl (C=O) groups is 1. The predicted molar refractivity (Wildman–Crippen MR) is 60.5 cm³/mol. The minimum atomic E-state index is -0.355. The topological polar surface area (TPSA) is 80.0 Å². The zero-order valence-electron chi connectivity index (χ0n) is 9.16. The number of hydrogen-bond donors (Lipinski definition) is 3. The molecule has 0 radical (unpaired) electrons. The largest absolute Gasteiger partial charge is 0.396 e. The molecule has 82 valence electrons. The van der Waals surface area contributed by atoms with Gasteiger partial charge in [0.2, 0.25) is 5.91 Å². The van der Waals surface area contributed by atoms with Crippen molar-refractivity contribution in [2.75, 3.05) is 18.1 Å². The smallest absolute Gasteiger partial charge is 0.241 e. The number of aromatic nitrogens is 1. The van der Waals surface area contributed by atoms with Crippen LogP contribution in [0, 0.1) is 6.92 Å². The molecule has 0 aliphatic heterocycles. The summed E-state index contributed by atoms with van der Waals surface area (Å²) >= 11 is 0. The average Bonchev–Trinajstić information content (AvgIpc) is 2.22. The van der Waals surface area contributed by atoms with E-state index < -0.39 is 0 Å². The van der Waals surface area contributed by atoms with Crippen LogP contribution < -0.4 is 16.4 Å². The second-order valence-electron chi connectivity index (χ2n) is 3.37. The van der Waals surface area contributed by atoms with Crippen LogP contribution in [0.2, 0.25) is 0 Å². The van der Waals surface area contributed by atoms with Crippen molar-refractivity contribution >= 4 is 17.4 Å².